The summed E-state index contributed by atoms with van der Waals surface area (Å²) in [5.74, 6) is 2.71. The molecule has 0 aliphatic carbocycles. The second kappa shape index (κ2) is 8.64. The molecule has 140 valence electrons. The van der Waals surface area contributed by atoms with Gasteiger partial charge in [-0.15, -0.1) is 0 Å². The third-order valence-electron chi connectivity index (χ3n) is 4.07. The Morgan fingerprint density at radius 2 is 1.81 bits per heavy atom. The second-order valence-electron chi connectivity index (χ2n) is 5.89. The number of aryl methyl sites for hydroxylation is 1. The second-order valence-corrected chi connectivity index (χ2v) is 6.32. The molecule has 0 fully saturated rings. The molecule has 6 heteroatoms. The van der Waals surface area contributed by atoms with Gasteiger partial charge in [0.15, 0.2) is 0 Å². The van der Waals surface area contributed by atoms with Crippen molar-refractivity contribution in [3.63, 3.8) is 0 Å². The summed E-state index contributed by atoms with van der Waals surface area (Å²) in [4.78, 5) is 12.2. The van der Waals surface area contributed by atoms with Crippen LogP contribution in [0, 0.1) is 0 Å². The van der Waals surface area contributed by atoms with Crippen molar-refractivity contribution in [3.8, 4) is 22.8 Å². The van der Waals surface area contributed by atoms with Crippen LogP contribution < -0.4 is 14.8 Å². The lowest BCUT2D eigenvalue weighted by Crippen LogP contribution is -2.13. The molecule has 0 bridgehead atoms. The first-order valence-corrected chi connectivity index (χ1v) is 8.83. The van der Waals surface area contributed by atoms with Crippen molar-refractivity contribution < 1.29 is 18.7 Å². The first-order valence-electron chi connectivity index (χ1n) is 8.45. The molecule has 0 unspecified atom stereocenters. The molecule has 1 amide bonds. The molecule has 5 nitrogen and oxygen atoms in total. The maximum Gasteiger partial charge on any atom is 0.224 e. The summed E-state index contributed by atoms with van der Waals surface area (Å²) < 4.78 is 16.2. The Morgan fingerprint density at radius 3 is 2.52 bits per heavy atom. The molecule has 0 radical (unpaired) electrons. The van der Waals surface area contributed by atoms with Crippen LogP contribution in [0.25, 0.3) is 11.3 Å². The van der Waals surface area contributed by atoms with Gasteiger partial charge in [-0.25, -0.2) is 0 Å². The minimum Gasteiger partial charge on any atom is -0.497 e. The molecule has 3 aromatic rings. The third-order valence-corrected chi connectivity index (χ3v) is 4.31. The molecular formula is C21H20ClNO4. The lowest BCUT2D eigenvalue weighted by atomic mass is 10.2. The molecule has 0 aliphatic heterocycles. The topological polar surface area (TPSA) is 60.7 Å². The van der Waals surface area contributed by atoms with Crippen LogP contribution in [-0.4, -0.2) is 20.1 Å². The number of benzene rings is 2. The maximum atomic E-state index is 12.2. The van der Waals surface area contributed by atoms with Gasteiger partial charge in [0.2, 0.25) is 5.91 Å². The van der Waals surface area contributed by atoms with Crippen molar-refractivity contribution in [1.82, 2.24) is 0 Å². The molecule has 0 atom stereocenters. The lowest BCUT2D eigenvalue weighted by Gasteiger charge is -2.10. The van der Waals surface area contributed by atoms with Crippen LogP contribution in [-0.2, 0) is 11.2 Å². The molecule has 0 aliphatic rings. The van der Waals surface area contributed by atoms with E-state index in [2.05, 4.69) is 5.32 Å². The number of hydrogen-bond donors (Lipinski definition) is 1. The van der Waals surface area contributed by atoms with Gasteiger partial charge >= 0.3 is 0 Å². The summed E-state index contributed by atoms with van der Waals surface area (Å²) in [6.45, 7) is 0. The molecule has 1 N–H and O–H groups in total. The Bertz CT molecular complexity index is 918. The van der Waals surface area contributed by atoms with Gasteiger partial charge in [-0.05, 0) is 54.6 Å². The monoisotopic (exact) mass is 385 g/mol. The first-order chi connectivity index (χ1) is 13.1. The molecular weight excluding hydrogens is 366 g/mol. The number of halogens is 1. The highest BCUT2D eigenvalue weighted by Gasteiger charge is 2.11. The summed E-state index contributed by atoms with van der Waals surface area (Å²) in [7, 11) is 3.17. The zero-order valence-electron chi connectivity index (χ0n) is 15.1. The van der Waals surface area contributed by atoms with Crippen molar-refractivity contribution in [2.24, 2.45) is 0 Å². The predicted molar refractivity (Wildman–Crippen MR) is 106 cm³/mol. The van der Waals surface area contributed by atoms with E-state index in [1.807, 2.05) is 36.4 Å². The van der Waals surface area contributed by atoms with E-state index in [4.69, 9.17) is 25.5 Å². The van der Waals surface area contributed by atoms with E-state index < -0.39 is 0 Å². The highest BCUT2D eigenvalue weighted by atomic mass is 35.5. The van der Waals surface area contributed by atoms with Gasteiger partial charge in [0.25, 0.3) is 0 Å². The number of carbonyl (C=O) groups is 1. The summed E-state index contributed by atoms with van der Waals surface area (Å²) >= 11 is 5.98. The first kappa shape index (κ1) is 18.9. The zero-order valence-corrected chi connectivity index (χ0v) is 15.9. The number of nitrogens with one attached hydrogen (secondary N) is 1. The number of rotatable bonds is 7. The number of methoxy groups -OCH3 is 2. The summed E-state index contributed by atoms with van der Waals surface area (Å²) in [6, 6.07) is 16.5. The Kier molecular flexibility index (Phi) is 6.04. The maximum absolute atomic E-state index is 12.2. The minimum absolute atomic E-state index is 0.141. The van der Waals surface area contributed by atoms with Crippen LogP contribution in [0.3, 0.4) is 0 Å². The SMILES string of the molecule is COc1ccc(-c2ccc(CCC(=O)Nc3cc(Cl)ccc3OC)o2)cc1. The number of furan rings is 1. The normalized spacial score (nSPS) is 10.5. The van der Waals surface area contributed by atoms with E-state index in [0.29, 0.717) is 22.9 Å². The number of amides is 1. The van der Waals surface area contributed by atoms with Gasteiger partial charge in [0, 0.05) is 23.4 Å². The van der Waals surface area contributed by atoms with E-state index in [0.717, 1.165) is 22.8 Å². The van der Waals surface area contributed by atoms with Crippen molar-refractivity contribution >= 4 is 23.2 Å². The van der Waals surface area contributed by atoms with Crippen molar-refractivity contribution in [2.45, 2.75) is 12.8 Å². The molecule has 1 heterocycles. The highest BCUT2D eigenvalue weighted by molar-refractivity contribution is 6.31. The largest absolute Gasteiger partial charge is 0.497 e. The highest BCUT2D eigenvalue weighted by Crippen LogP contribution is 2.28. The van der Waals surface area contributed by atoms with E-state index >= 15 is 0 Å². The van der Waals surface area contributed by atoms with Crippen molar-refractivity contribution in [3.05, 3.63) is 65.4 Å². The van der Waals surface area contributed by atoms with E-state index in [1.54, 1.807) is 32.4 Å². The van der Waals surface area contributed by atoms with Gasteiger partial charge in [-0.1, -0.05) is 11.6 Å². The molecule has 0 saturated carbocycles. The van der Waals surface area contributed by atoms with Crippen LogP contribution >= 0.6 is 11.6 Å². The molecule has 0 spiro atoms. The molecule has 2 aromatic carbocycles. The molecule has 1 aromatic heterocycles. The van der Waals surface area contributed by atoms with E-state index in [-0.39, 0.29) is 12.3 Å². The Morgan fingerprint density at radius 1 is 1.04 bits per heavy atom. The van der Waals surface area contributed by atoms with Gasteiger partial charge < -0.3 is 19.2 Å². The van der Waals surface area contributed by atoms with Crippen molar-refractivity contribution in [2.75, 3.05) is 19.5 Å². The molecule has 3 rings (SSSR count). The Labute approximate surface area is 162 Å². The van der Waals surface area contributed by atoms with Crippen LogP contribution in [0.2, 0.25) is 5.02 Å². The van der Waals surface area contributed by atoms with E-state index in [1.165, 1.54) is 0 Å². The fraction of sp³-hybridized carbons (Fsp3) is 0.190. The predicted octanol–water partition coefficient (Wildman–Crippen LogP) is 5.19. The average Bonchev–Trinajstić information content (AvgIpc) is 3.16. The standard InChI is InChI=1S/C21H20ClNO4/c1-25-16-6-3-14(4-7-16)19-11-8-17(27-19)9-12-21(24)23-18-13-15(22)5-10-20(18)26-2/h3-8,10-11,13H,9,12H2,1-2H3,(H,23,24). The molecule has 27 heavy (non-hydrogen) atoms. The smallest absolute Gasteiger partial charge is 0.224 e. The zero-order chi connectivity index (χ0) is 19.2. The van der Waals surface area contributed by atoms with Gasteiger partial charge in [-0.2, -0.15) is 0 Å². The quantitative estimate of drug-likeness (QED) is 0.608. The lowest BCUT2D eigenvalue weighted by molar-refractivity contribution is -0.116. The van der Waals surface area contributed by atoms with Crippen LogP contribution in [0.5, 0.6) is 11.5 Å². The summed E-state index contributed by atoms with van der Waals surface area (Å²) in [6.07, 6.45) is 0.774. The Balaban J connectivity index is 1.59. The Hall–Kier alpha value is -2.92. The van der Waals surface area contributed by atoms with Gasteiger partial charge in [0.1, 0.15) is 23.0 Å². The van der Waals surface area contributed by atoms with Gasteiger partial charge in [0.05, 0.1) is 19.9 Å². The van der Waals surface area contributed by atoms with Crippen LogP contribution in [0.4, 0.5) is 5.69 Å². The molecule has 0 saturated heterocycles. The number of ether oxygens (including phenoxy) is 2. The van der Waals surface area contributed by atoms with E-state index in [9.17, 15) is 4.79 Å². The number of hydrogen-bond acceptors (Lipinski definition) is 4. The fourth-order valence-electron chi connectivity index (χ4n) is 2.65. The fourth-order valence-corrected chi connectivity index (χ4v) is 2.82. The van der Waals surface area contributed by atoms with Gasteiger partial charge in [-0.3, -0.25) is 4.79 Å². The van der Waals surface area contributed by atoms with Crippen LogP contribution in [0.15, 0.2) is 59.0 Å². The third kappa shape index (κ3) is 4.83. The minimum atomic E-state index is -0.141. The summed E-state index contributed by atoms with van der Waals surface area (Å²) in [5, 5.41) is 3.35. The number of carbonyl (C=O) groups excluding carboxylic acids is 1. The van der Waals surface area contributed by atoms with Crippen LogP contribution in [0.1, 0.15) is 12.2 Å². The average molecular weight is 386 g/mol. The number of anilines is 1. The summed E-state index contributed by atoms with van der Waals surface area (Å²) in [5.41, 5.74) is 1.50. The van der Waals surface area contributed by atoms with Crippen molar-refractivity contribution in [1.29, 1.82) is 0 Å².